The molecule has 0 bridgehead atoms. The van der Waals surface area contributed by atoms with Crippen LogP contribution in [0.2, 0.25) is 0 Å². The SMILES string of the molecule is COC(=O)c1cccc(N2CCN(C(=O)OC(C)(C)C)CC2)c1C=O. The van der Waals surface area contributed by atoms with Crippen LogP contribution in [0.4, 0.5) is 10.5 Å². The second kappa shape index (κ2) is 7.55. The standard InChI is InChI=1S/C18H24N2O5/c1-18(2,3)25-17(23)20-10-8-19(9-11-20)15-7-5-6-13(14(15)12-21)16(22)24-4/h5-7,12H,8-11H2,1-4H3. The van der Waals surface area contributed by atoms with Crippen LogP contribution in [0.3, 0.4) is 0 Å². The van der Waals surface area contributed by atoms with Crippen LogP contribution >= 0.6 is 0 Å². The molecule has 136 valence electrons. The normalized spacial score (nSPS) is 14.9. The Kier molecular flexibility index (Phi) is 5.66. The summed E-state index contributed by atoms with van der Waals surface area (Å²) in [5.74, 6) is -0.545. The van der Waals surface area contributed by atoms with E-state index in [2.05, 4.69) is 0 Å². The summed E-state index contributed by atoms with van der Waals surface area (Å²) in [6.07, 6.45) is 0.327. The topological polar surface area (TPSA) is 76.2 Å². The van der Waals surface area contributed by atoms with Gasteiger partial charge in [-0.3, -0.25) is 4.79 Å². The van der Waals surface area contributed by atoms with Gasteiger partial charge in [0.1, 0.15) is 5.60 Å². The van der Waals surface area contributed by atoms with Crippen molar-refractivity contribution in [2.24, 2.45) is 0 Å². The molecule has 2 rings (SSSR count). The molecule has 1 amide bonds. The third-order valence-corrected chi connectivity index (χ3v) is 3.88. The average molecular weight is 348 g/mol. The first-order valence-corrected chi connectivity index (χ1v) is 8.16. The number of rotatable bonds is 3. The minimum Gasteiger partial charge on any atom is -0.465 e. The molecule has 0 radical (unpaired) electrons. The van der Waals surface area contributed by atoms with E-state index in [0.717, 1.165) is 0 Å². The largest absolute Gasteiger partial charge is 0.465 e. The first-order valence-electron chi connectivity index (χ1n) is 8.16. The lowest BCUT2D eigenvalue weighted by molar-refractivity contribution is 0.0240. The first-order chi connectivity index (χ1) is 11.8. The van der Waals surface area contributed by atoms with Crippen LogP contribution in [0.15, 0.2) is 18.2 Å². The zero-order valence-corrected chi connectivity index (χ0v) is 15.1. The number of methoxy groups -OCH3 is 1. The molecule has 1 heterocycles. The van der Waals surface area contributed by atoms with Gasteiger partial charge in [-0.15, -0.1) is 0 Å². The van der Waals surface area contributed by atoms with Crippen molar-refractivity contribution in [1.82, 2.24) is 4.90 Å². The number of benzene rings is 1. The maximum Gasteiger partial charge on any atom is 0.410 e. The van der Waals surface area contributed by atoms with Crippen LogP contribution in [-0.4, -0.2) is 62.1 Å². The smallest absolute Gasteiger partial charge is 0.410 e. The highest BCUT2D eigenvalue weighted by atomic mass is 16.6. The van der Waals surface area contributed by atoms with E-state index in [-0.39, 0.29) is 11.7 Å². The van der Waals surface area contributed by atoms with Crippen molar-refractivity contribution in [2.45, 2.75) is 26.4 Å². The number of ether oxygens (including phenoxy) is 2. The van der Waals surface area contributed by atoms with E-state index < -0.39 is 11.6 Å². The minimum absolute atomic E-state index is 0.240. The Morgan fingerprint density at radius 3 is 2.28 bits per heavy atom. The molecule has 1 aromatic rings. The summed E-state index contributed by atoms with van der Waals surface area (Å²) < 4.78 is 10.1. The molecule has 0 saturated carbocycles. The van der Waals surface area contributed by atoms with Gasteiger partial charge < -0.3 is 19.3 Å². The van der Waals surface area contributed by atoms with Gasteiger partial charge in [0, 0.05) is 31.9 Å². The van der Waals surface area contributed by atoms with E-state index in [9.17, 15) is 14.4 Å². The fraction of sp³-hybridized carbons (Fsp3) is 0.500. The molecule has 1 aliphatic heterocycles. The van der Waals surface area contributed by atoms with Gasteiger partial charge in [-0.2, -0.15) is 0 Å². The lowest BCUT2D eigenvalue weighted by Crippen LogP contribution is -2.50. The Morgan fingerprint density at radius 1 is 1.12 bits per heavy atom. The predicted octanol–water partition coefficient (Wildman–Crippen LogP) is 2.34. The van der Waals surface area contributed by atoms with Crippen LogP contribution in [0.25, 0.3) is 0 Å². The number of anilines is 1. The molecule has 0 N–H and O–H groups in total. The van der Waals surface area contributed by atoms with Crippen LogP contribution in [0.1, 0.15) is 41.5 Å². The molecule has 0 atom stereocenters. The van der Waals surface area contributed by atoms with E-state index in [4.69, 9.17) is 9.47 Å². The third kappa shape index (κ3) is 4.49. The van der Waals surface area contributed by atoms with Gasteiger partial charge >= 0.3 is 12.1 Å². The maximum atomic E-state index is 12.1. The Morgan fingerprint density at radius 2 is 1.76 bits per heavy atom. The van der Waals surface area contributed by atoms with Crippen molar-refractivity contribution in [1.29, 1.82) is 0 Å². The van der Waals surface area contributed by atoms with Gasteiger partial charge in [0.2, 0.25) is 0 Å². The molecule has 0 spiro atoms. The molecule has 7 nitrogen and oxygen atoms in total. The number of hydrogen-bond donors (Lipinski definition) is 0. The molecule has 1 aromatic carbocycles. The van der Waals surface area contributed by atoms with E-state index in [1.807, 2.05) is 25.7 Å². The summed E-state index contributed by atoms with van der Waals surface area (Å²) in [4.78, 5) is 39.1. The van der Waals surface area contributed by atoms with Crippen LogP contribution in [-0.2, 0) is 9.47 Å². The lowest BCUT2D eigenvalue weighted by atomic mass is 10.0. The monoisotopic (exact) mass is 348 g/mol. The summed E-state index contributed by atoms with van der Waals surface area (Å²) in [6, 6.07) is 5.07. The maximum absolute atomic E-state index is 12.1. The second-order valence-electron chi connectivity index (χ2n) is 6.80. The van der Waals surface area contributed by atoms with E-state index >= 15 is 0 Å². The van der Waals surface area contributed by atoms with Gasteiger partial charge in [0.25, 0.3) is 0 Å². The number of aldehydes is 1. The molecule has 0 aromatic heterocycles. The summed E-state index contributed by atoms with van der Waals surface area (Å²) >= 11 is 0. The van der Waals surface area contributed by atoms with Crippen molar-refractivity contribution in [2.75, 3.05) is 38.2 Å². The number of hydrogen-bond acceptors (Lipinski definition) is 6. The number of amides is 1. The van der Waals surface area contributed by atoms with Crippen LogP contribution in [0.5, 0.6) is 0 Å². The Labute approximate surface area is 147 Å². The molecule has 1 fully saturated rings. The zero-order chi connectivity index (χ0) is 18.6. The van der Waals surface area contributed by atoms with Gasteiger partial charge in [-0.05, 0) is 32.9 Å². The molecular weight excluding hydrogens is 324 g/mol. The van der Waals surface area contributed by atoms with Crippen LogP contribution in [0, 0.1) is 0 Å². The van der Waals surface area contributed by atoms with E-state index in [1.54, 1.807) is 23.1 Å². The molecule has 25 heavy (non-hydrogen) atoms. The fourth-order valence-electron chi connectivity index (χ4n) is 2.70. The Hall–Kier alpha value is -2.57. The Balaban J connectivity index is 2.12. The van der Waals surface area contributed by atoms with Gasteiger partial charge in [-0.1, -0.05) is 6.07 Å². The number of nitrogens with zero attached hydrogens (tertiary/aromatic N) is 2. The predicted molar refractivity (Wildman–Crippen MR) is 93.2 cm³/mol. The summed E-state index contributed by atoms with van der Waals surface area (Å²) in [7, 11) is 1.28. The molecular formula is C18H24N2O5. The third-order valence-electron chi connectivity index (χ3n) is 3.88. The Bertz CT molecular complexity index is 658. The van der Waals surface area contributed by atoms with Crippen LogP contribution < -0.4 is 4.90 Å². The molecule has 1 saturated heterocycles. The zero-order valence-electron chi connectivity index (χ0n) is 15.1. The number of esters is 1. The first kappa shape index (κ1) is 18.8. The van der Waals surface area contributed by atoms with E-state index in [1.165, 1.54) is 7.11 Å². The number of carbonyl (C=O) groups excluding carboxylic acids is 3. The minimum atomic E-state index is -0.545. The molecule has 7 heteroatoms. The lowest BCUT2D eigenvalue weighted by Gasteiger charge is -2.37. The molecule has 0 unspecified atom stereocenters. The quantitative estimate of drug-likeness (QED) is 0.616. The van der Waals surface area contributed by atoms with Gasteiger partial charge in [-0.25, -0.2) is 9.59 Å². The molecule has 0 aliphatic carbocycles. The van der Waals surface area contributed by atoms with Crippen molar-refractivity contribution in [3.8, 4) is 0 Å². The summed E-state index contributed by atoms with van der Waals surface area (Å²) in [5.41, 5.74) is 0.680. The highest BCUT2D eigenvalue weighted by Crippen LogP contribution is 2.25. The van der Waals surface area contributed by atoms with Gasteiger partial charge in [0.15, 0.2) is 6.29 Å². The number of carbonyl (C=O) groups is 3. The number of piperazine rings is 1. The highest BCUT2D eigenvalue weighted by molar-refractivity contribution is 6.02. The summed E-state index contributed by atoms with van der Waals surface area (Å²) in [5, 5.41) is 0. The van der Waals surface area contributed by atoms with Crippen molar-refractivity contribution in [3.05, 3.63) is 29.3 Å². The second-order valence-corrected chi connectivity index (χ2v) is 6.80. The molecule has 1 aliphatic rings. The van der Waals surface area contributed by atoms with Crippen molar-refractivity contribution in [3.63, 3.8) is 0 Å². The summed E-state index contributed by atoms with van der Waals surface area (Å²) in [6.45, 7) is 7.54. The fourth-order valence-corrected chi connectivity index (χ4v) is 2.70. The van der Waals surface area contributed by atoms with Crippen molar-refractivity contribution < 1.29 is 23.9 Å². The van der Waals surface area contributed by atoms with E-state index in [0.29, 0.717) is 43.7 Å². The van der Waals surface area contributed by atoms with Gasteiger partial charge in [0.05, 0.1) is 18.2 Å². The van der Waals surface area contributed by atoms with Crippen molar-refractivity contribution >= 4 is 24.0 Å². The average Bonchev–Trinajstić information content (AvgIpc) is 2.59. The highest BCUT2D eigenvalue weighted by Gasteiger charge is 2.27.